The van der Waals surface area contributed by atoms with Crippen LogP contribution < -0.4 is 0 Å². The molecule has 0 atom stereocenters. The van der Waals surface area contributed by atoms with Crippen molar-refractivity contribution in [3.63, 3.8) is 0 Å². The third-order valence-electron chi connectivity index (χ3n) is 3.36. The third kappa shape index (κ3) is 2.62. The number of hydrogen-bond donors (Lipinski definition) is 1. The van der Waals surface area contributed by atoms with E-state index in [2.05, 4.69) is 95.3 Å². The number of Topliss-reactive ketones (excluding diaryl/α,β-unsaturated/α-hetero) is 1. The normalized spacial score (nSPS) is 13.8. The number of ketones is 1. The van der Waals surface area contributed by atoms with Crippen LogP contribution in [0.1, 0.15) is 27.2 Å². The minimum atomic E-state index is -0.152. The summed E-state index contributed by atoms with van der Waals surface area (Å²) in [7, 11) is 0. The number of aliphatic hydroxyl groups is 1. The second kappa shape index (κ2) is 6.43. The van der Waals surface area contributed by atoms with E-state index in [-0.39, 0.29) is 11.5 Å². The fourth-order valence-electron chi connectivity index (χ4n) is 2.28. The number of carbonyl (C=O) groups is 1. The van der Waals surface area contributed by atoms with E-state index < -0.39 is 0 Å². The molecule has 0 bridgehead atoms. The van der Waals surface area contributed by atoms with Gasteiger partial charge in [0.2, 0.25) is 5.78 Å². The molecule has 22 heavy (non-hydrogen) atoms. The van der Waals surface area contributed by atoms with Crippen LogP contribution in [0.15, 0.2) is 18.3 Å². The molecule has 1 N–H and O–H groups in total. The number of pyridine rings is 1. The van der Waals surface area contributed by atoms with Crippen molar-refractivity contribution in [3.8, 4) is 0 Å². The molecule has 0 radical (unpaired) electrons. The number of nitrogens with zero attached hydrogens (tertiary/aromatic N) is 1. The number of carbonyl (C=O) groups excluding carboxylic acids is 1. The van der Waals surface area contributed by atoms with Gasteiger partial charge in [-0.25, -0.2) is 0 Å². The molecule has 1 aromatic carbocycles. The van der Waals surface area contributed by atoms with E-state index in [1.165, 1.54) is 0 Å². The average molecular weight is 741 g/mol. The maximum absolute atomic E-state index is 12.9. The second-order valence-corrected chi connectivity index (χ2v) is 9.09. The number of aromatic nitrogens is 1. The van der Waals surface area contributed by atoms with Crippen LogP contribution in [0.5, 0.6) is 0 Å². The van der Waals surface area contributed by atoms with E-state index in [1.807, 2.05) is 13.0 Å². The number of halogens is 4. The molecular formula is C15H7I4NO2. The Hall–Kier alpha value is 0.500. The smallest absolute Gasteiger partial charge is 0.200 e. The lowest BCUT2D eigenvalue weighted by atomic mass is 10.1. The van der Waals surface area contributed by atoms with Crippen molar-refractivity contribution in [1.29, 1.82) is 0 Å². The Kier molecular flexibility index (Phi) is 5.06. The lowest BCUT2D eigenvalue weighted by Crippen LogP contribution is -2.06. The Labute approximate surface area is 181 Å². The minimum absolute atomic E-state index is 0.0352. The molecule has 3 nitrogen and oxygen atoms in total. The molecule has 1 aromatic heterocycles. The molecule has 0 amide bonds. The molecule has 0 unspecified atom stereocenters. The van der Waals surface area contributed by atoms with Gasteiger partial charge in [-0.1, -0.05) is 6.07 Å². The number of benzene rings is 1. The van der Waals surface area contributed by atoms with E-state index >= 15 is 0 Å². The highest BCUT2D eigenvalue weighted by atomic mass is 127. The largest absolute Gasteiger partial charge is 0.506 e. The Morgan fingerprint density at radius 3 is 2.09 bits per heavy atom. The van der Waals surface area contributed by atoms with Crippen molar-refractivity contribution in [1.82, 2.24) is 4.98 Å². The van der Waals surface area contributed by atoms with Crippen LogP contribution in [0.25, 0.3) is 11.3 Å². The van der Waals surface area contributed by atoms with Gasteiger partial charge in [0.05, 0.1) is 11.3 Å². The zero-order valence-corrected chi connectivity index (χ0v) is 19.7. The fourth-order valence-corrected chi connectivity index (χ4v) is 5.97. The topological polar surface area (TPSA) is 50.2 Å². The molecule has 112 valence electrons. The van der Waals surface area contributed by atoms with Gasteiger partial charge in [0.1, 0.15) is 5.76 Å². The summed E-state index contributed by atoms with van der Waals surface area (Å²) in [5, 5.41) is 10.7. The van der Waals surface area contributed by atoms with Gasteiger partial charge < -0.3 is 5.11 Å². The first-order valence-corrected chi connectivity index (χ1v) is 10.4. The lowest BCUT2D eigenvalue weighted by Gasteiger charge is -2.10. The molecule has 2 aromatic rings. The van der Waals surface area contributed by atoms with Crippen molar-refractivity contribution in [2.75, 3.05) is 0 Å². The molecule has 1 aliphatic rings. The van der Waals surface area contributed by atoms with E-state index in [9.17, 15) is 9.90 Å². The maximum Gasteiger partial charge on any atom is 0.200 e. The van der Waals surface area contributed by atoms with Crippen LogP contribution in [0.2, 0.25) is 0 Å². The molecule has 0 saturated carbocycles. The van der Waals surface area contributed by atoms with Crippen LogP contribution in [0.3, 0.4) is 0 Å². The molecule has 0 spiro atoms. The van der Waals surface area contributed by atoms with Gasteiger partial charge in [-0.3, -0.25) is 9.78 Å². The standard InChI is InChI=1S/C15H7I4NO2/c1-5-2-3-6(20-4-5)7-14(21)8-9(15(7)22)11(17)13(19)12(18)10(8)16/h2-4,21H,1H3. The summed E-state index contributed by atoms with van der Waals surface area (Å²) in [5.74, 6) is -0.117. The Bertz CT molecular complexity index is 857. The summed E-state index contributed by atoms with van der Waals surface area (Å²) < 4.78 is 3.89. The Balaban J connectivity index is 2.31. The van der Waals surface area contributed by atoms with Crippen LogP contribution in [-0.4, -0.2) is 15.9 Å². The first-order chi connectivity index (χ1) is 10.3. The summed E-state index contributed by atoms with van der Waals surface area (Å²) in [6.07, 6.45) is 1.70. The first-order valence-electron chi connectivity index (χ1n) is 6.11. The van der Waals surface area contributed by atoms with Gasteiger partial charge in [0.15, 0.2) is 0 Å². The van der Waals surface area contributed by atoms with Crippen molar-refractivity contribution in [2.45, 2.75) is 6.92 Å². The number of hydrogen-bond acceptors (Lipinski definition) is 3. The molecule has 0 aliphatic heterocycles. The number of rotatable bonds is 1. The second-order valence-electron chi connectivity index (χ2n) is 4.78. The summed E-state index contributed by atoms with van der Waals surface area (Å²) in [6, 6.07) is 3.67. The maximum atomic E-state index is 12.9. The lowest BCUT2D eigenvalue weighted by molar-refractivity contribution is 0.105. The number of fused-ring (bicyclic) bond motifs is 1. The molecule has 3 rings (SSSR count). The van der Waals surface area contributed by atoms with E-state index in [0.29, 0.717) is 22.4 Å². The van der Waals surface area contributed by atoms with E-state index in [1.54, 1.807) is 12.3 Å². The van der Waals surface area contributed by atoms with E-state index in [4.69, 9.17) is 0 Å². The van der Waals surface area contributed by atoms with Gasteiger partial charge in [-0.05, 0) is 109 Å². The summed E-state index contributed by atoms with van der Waals surface area (Å²) in [5.41, 5.74) is 3.05. The molecule has 1 heterocycles. The predicted molar refractivity (Wildman–Crippen MR) is 120 cm³/mol. The summed E-state index contributed by atoms with van der Waals surface area (Å²) in [4.78, 5) is 17.2. The Morgan fingerprint density at radius 2 is 1.55 bits per heavy atom. The molecule has 7 heteroatoms. The zero-order valence-electron chi connectivity index (χ0n) is 11.0. The third-order valence-corrected chi connectivity index (χ3v) is 10.8. The SMILES string of the molecule is Cc1ccc(C2=C(O)c3c(I)c(I)c(I)c(I)c3C2=O)nc1. The molecule has 0 fully saturated rings. The van der Waals surface area contributed by atoms with E-state index in [0.717, 1.165) is 19.8 Å². The highest BCUT2D eigenvalue weighted by molar-refractivity contribution is 14.1. The average Bonchev–Trinajstić information content (AvgIpc) is 2.75. The summed E-state index contributed by atoms with van der Waals surface area (Å²) >= 11 is 8.86. The van der Waals surface area contributed by atoms with Gasteiger partial charge in [0.25, 0.3) is 0 Å². The fraction of sp³-hybridized carbons (Fsp3) is 0.0667. The minimum Gasteiger partial charge on any atom is -0.506 e. The quantitative estimate of drug-likeness (QED) is 0.241. The number of allylic oxidation sites excluding steroid dienone is 1. The van der Waals surface area contributed by atoms with Crippen LogP contribution in [0, 0.1) is 21.2 Å². The monoisotopic (exact) mass is 741 g/mol. The Morgan fingerprint density at radius 1 is 0.955 bits per heavy atom. The molecule has 0 saturated heterocycles. The number of aryl methyl sites for hydroxylation is 1. The molecular weight excluding hydrogens is 734 g/mol. The van der Waals surface area contributed by atoms with Gasteiger partial charge >= 0.3 is 0 Å². The first kappa shape index (κ1) is 17.3. The molecule has 1 aliphatic carbocycles. The van der Waals surface area contributed by atoms with Crippen molar-refractivity contribution in [3.05, 3.63) is 55.0 Å². The van der Waals surface area contributed by atoms with Gasteiger partial charge in [0, 0.05) is 31.6 Å². The summed E-state index contributed by atoms with van der Waals surface area (Å²) in [6.45, 7) is 1.94. The highest BCUT2D eigenvalue weighted by Gasteiger charge is 2.37. The highest BCUT2D eigenvalue weighted by Crippen LogP contribution is 2.44. The van der Waals surface area contributed by atoms with Crippen molar-refractivity contribution >= 4 is 107 Å². The van der Waals surface area contributed by atoms with Crippen LogP contribution in [0.4, 0.5) is 0 Å². The van der Waals surface area contributed by atoms with Crippen LogP contribution in [-0.2, 0) is 0 Å². The van der Waals surface area contributed by atoms with Crippen molar-refractivity contribution in [2.24, 2.45) is 0 Å². The zero-order chi connectivity index (χ0) is 16.2. The van der Waals surface area contributed by atoms with Crippen molar-refractivity contribution < 1.29 is 9.90 Å². The number of aliphatic hydroxyl groups excluding tert-OH is 1. The van der Waals surface area contributed by atoms with Crippen LogP contribution >= 0.6 is 90.4 Å². The predicted octanol–water partition coefficient (Wildman–Crippen LogP) is 5.43. The van der Waals surface area contributed by atoms with Gasteiger partial charge in [-0.2, -0.15) is 0 Å². The van der Waals surface area contributed by atoms with Gasteiger partial charge in [-0.15, -0.1) is 0 Å².